The molecule has 0 aliphatic rings. The molecule has 4 aromatic carbocycles. The number of carboxylic acids is 1. The van der Waals surface area contributed by atoms with Crippen molar-refractivity contribution in [3.8, 4) is 22.6 Å². The van der Waals surface area contributed by atoms with Gasteiger partial charge < -0.3 is 20.5 Å². The van der Waals surface area contributed by atoms with Crippen LogP contribution >= 0.6 is 23.2 Å². The smallest absolute Gasteiger partial charge is 0.419 e. The van der Waals surface area contributed by atoms with E-state index in [0.29, 0.717) is 21.8 Å². The number of halogens is 5. The SMILES string of the molecule is O=C(Nc1ccc(Cl)cc1)Nc1cc(-c2ccc(C(=O)O)c(Cl)c2)ccc1Oc1ccccc1C(F)(F)F. The molecule has 0 aliphatic heterocycles. The van der Waals surface area contributed by atoms with Crippen molar-refractivity contribution in [3.05, 3.63) is 106 Å². The molecule has 2 amide bonds. The quantitative estimate of drug-likeness (QED) is 0.220. The van der Waals surface area contributed by atoms with E-state index in [-0.39, 0.29) is 22.0 Å². The summed E-state index contributed by atoms with van der Waals surface area (Å²) in [7, 11) is 0. The van der Waals surface area contributed by atoms with Gasteiger partial charge >= 0.3 is 18.2 Å². The van der Waals surface area contributed by atoms with E-state index in [4.69, 9.17) is 27.9 Å². The minimum absolute atomic E-state index is 0.00979. The van der Waals surface area contributed by atoms with E-state index in [1.807, 2.05) is 0 Å². The van der Waals surface area contributed by atoms with Gasteiger partial charge in [0.15, 0.2) is 5.75 Å². The predicted molar refractivity (Wildman–Crippen MR) is 139 cm³/mol. The molecule has 6 nitrogen and oxygen atoms in total. The minimum atomic E-state index is -4.67. The van der Waals surface area contributed by atoms with Gasteiger partial charge in [-0.2, -0.15) is 13.2 Å². The Hall–Kier alpha value is -4.21. The monoisotopic (exact) mass is 560 g/mol. The Balaban J connectivity index is 1.71. The molecule has 4 rings (SSSR count). The number of nitrogens with one attached hydrogen (secondary N) is 2. The highest BCUT2D eigenvalue weighted by Crippen LogP contribution is 2.41. The predicted octanol–water partition coefficient (Wildman–Crippen LogP) is 8.81. The van der Waals surface area contributed by atoms with Crippen molar-refractivity contribution < 1.29 is 32.6 Å². The van der Waals surface area contributed by atoms with Crippen LogP contribution in [0.2, 0.25) is 10.0 Å². The number of carbonyl (C=O) groups excluding carboxylic acids is 1. The van der Waals surface area contributed by atoms with Crippen LogP contribution in [0.25, 0.3) is 11.1 Å². The largest absolute Gasteiger partial charge is 0.478 e. The van der Waals surface area contributed by atoms with Crippen LogP contribution in [0.4, 0.5) is 29.3 Å². The van der Waals surface area contributed by atoms with E-state index in [1.54, 1.807) is 30.3 Å². The molecule has 0 spiro atoms. The van der Waals surface area contributed by atoms with Crippen molar-refractivity contribution in [2.45, 2.75) is 6.18 Å². The molecule has 11 heteroatoms. The van der Waals surface area contributed by atoms with Crippen LogP contribution in [-0.4, -0.2) is 17.1 Å². The van der Waals surface area contributed by atoms with Gasteiger partial charge in [-0.05, 0) is 71.8 Å². The van der Waals surface area contributed by atoms with Crippen LogP contribution in [0.1, 0.15) is 15.9 Å². The Labute approximate surface area is 224 Å². The Morgan fingerprint density at radius 3 is 2.11 bits per heavy atom. The summed E-state index contributed by atoms with van der Waals surface area (Å²) >= 11 is 12.0. The Bertz CT molecular complexity index is 1510. The fourth-order valence-corrected chi connectivity index (χ4v) is 3.88. The summed E-state index contributed by atoms with van der Waals surface area (Å²) in [4.78, 5) is 24.0. The highest BCUT2D eigenvalue weighted by molar-refractivity contribution is 6.33. The highest BCUT2D eigenvalue weighted by atomic mass is 35.5. The third-order valence-electron chi connectivity index (χ3n) is 5.28. The second-order valence-corrected chi connectivity index (χ2v) is 8.74. The molecule has 0 radical (unpaired) electrons. The van der Waals surface area contributed by atoms with Gasteiger partial charge in [0, 0.05) is 10.7 Å². The van der Waals surface area contributed by atoms with E-state index >= 15 is 0 Å². The molecule has 3 N–H and O–H groups in total. The van der Waals surface area contributed by atoms with Gasteiger partial charge in [-0.3, -0.25) is 0 Å². The van der Waals surface area contributed by atoms with Crippen LogP contribution < -0.4 is 15.4 Å². The van der Waals surface area contributed by atoms with E-state index in [1.165, 1.54) is 48.5 Å². The number of anilines is 2. The average Bonchev–Trinajstić information content (AvgIpc) is 2.86. The Morgan fingerprint density at radius 1 is 0.789 bits per heavy atom. The summed E-state index contributed by atoms with van der Waals surface area (Å²) in [6.45, 7) is 0. The molecule has 0 aliphatic carbocycles. The number of aromatic carboxylic acids is 1. The second-order valence-electron chi connectivity index (χ2n) is 7.89. The molecular formula is C27H17Cl2F3N2O4. The van der Waals surface area contributed by atoms with Crippen LogP contribution in [0, 0.1) is 0 Å². The number of benzene rings is 4. The standard InChI is InChI=1S/C27H17Cl2F3N2O4/c28-17-7-9-18(10-8-17)33-26(37)34-22-14-16(15-5-11-19(25(35)36)21(29)13-15)6-12-24(22)38-23-4-2-1-3-20(23)27(30,31)32/h1-14H,(H,35,36)(H2,33,34,37). The Kier molecular flexibility index (Phi) is 7.80. The lowest BCUT2D eigenvalue weighted by molar-refractivity contribution is -0.138. The van der Waals surface area contributed by atoms with Crippen molar-refractivity contribution in [3.63, 3.8) is 0 Å². The topological polar surface area (TPSA) is 87.7 Å². The molecule has 0 bridgehead atoms. The third kappa shape index (κ3) is 6.37. The van der Waals surface area contributed by atoms with Crippen molar-refractivity contribution in [1.82, 2.24) is 0 Å². The summed E-state index contributed by atoms with van der Waals surface area (Å²) in [5.41, 5.74) is 0.371. The number of amides is 2. The van der Waals surface area contributed by atoms with E-state index in [2.05, 4.69) is 10.6 Å². The number of carboxylic acid groups (broad SMARTS) is 1. The summed E-state index contributed by atoms with van der Waals surface area (Å²) in [6.07, 6.45) is -4.67. The van der Waals surface area contributed by atoms with Crippen LogP contribution in [-0.2, 0) is 6.18 Å². The zero-order chi connectivity index (χ0) is 27.4. The van der Waals surface area contributed by atoms with E-state index in [0.717, 1.165) is 6.07 Å². The van der Waals surface area contributed by atoms with Gasteiger partial charge in [0.25, 0.3) is 0 Å². The van der Waals surface area contributed by atoms with Gasteiger partial charge in [0.1, 0.15) is 5.75 Å². The van der Waals surface area contributed by atoms with E-state index < -0.39 is 29.5 Å². The van der Waals surface area contributed by atoms with Crippen molar-refractivity contribution >= 4 is 46.6 Å². The highest BCUT2D eigenvalue weighted by Gasteiger charge is 2.34. The first-order chi connectivity index (χ1) is 18.0. The van der Waals surface area contributed by atoms with Crippen molar-refractivity contribution in [1.29, 1.82) is 0 Å². The molecule has 38 heavy (non-hydrogen) atoms. The van der Waals surface area contributed by atoms with Gasteiger partial charge in [0.05, 0.1) is 21.8 Å². The fourth-order valence-electron chi connectivity index (χ4n) is 3.49. The van der Waals surface area contributed by atoms with Gasteiger partial charge in [-0.15, -0.1) is 0 Å². The van der Waals surface area contributed by atoms with E-state index in [9.17, 15) is 27.9 Å². The number of hydrogen-bond acceptors (Lipinski definition) is 3. The minimum Gasteiger partial charge on any atom is -0.478 e. The first kappa shape index (κ1) is 26.8. The maximum Gasteiger partial charge on any atom is 0.419 e. The third-order valence-corrected chi connectivity index (χ3v) is 5.84. The molecule has 0 unspecified atom stereocenters. The summed E-state index contributed by atoms with van der Waals surface area (Å²) in [6, 6.07) is 18.9. The number of urea groups is 1. The number of carbonyl (C=O) groups is 2. The van der Waals surface area contributed by atoms with Gasteiger partial charge in [-0.25, -0.2) is 9.59 Å². The number of rotatable bonds is 6. The van der Waals surface area contributed by atoms with Crippen molar-refractivity contribution in [2.24, 2.45) is 0 Å². The summed E-state index contributed by atoms with van der Waals surface area (Å²) < 4.78 is 46.2. The normalized spacial score (nSPS) is 11.1. The number of hydrogen-bond donors (Lipinski definition) is 3. The first-order valence-corrected chi connectivity index (χ1v) is 11.6. The molecule has 0 heterocycles. The number of alkyl halides is 3. The number of para-hydroxylation sites is 1. The van der Waals surface area contributed by atoms with Gasteiger partial charge in [-0.1, -0.05) is 47.5 Å². The molecule has 0 aromatic heterocycles. The molecule has 0 fully saturated rings. The molecule has 0 atom stereocenters. The molecule has 0 saturated heterocycles. The van der Waals surface area contributed by atoms with Crippen LogP contribution in [0.5, 0.6) is 11.5 Å². The van der Waals surface area contributed by atoms with Gasteiger partial charge in [0.2, 0.25) is 0 Å². The lowest BCUT2D eigenvalue weighted by Gasteiger charge is -2.17. The second kappa shape index (κ2) is 11.0. The maximum atomic E-state index is 13.5. The lowest BCUT2D eigenvalue weighted by Crippen LogP contribution is -2.19. The van der Waals surface area contributed by atoms with Crippen LogP contribution in [0.15, 0.2) is 84.9 Å². The zero-order valence-corrected chi connectivity index (χ0v) is 20.7. The Morgan fingerprint density at radius 2 is 1.45 bits per heavy atom. The molecule has 0 saturated carbocycles. The molecule has 194 valence electrons. The molecular weight excluding hydrogens is 544 g/mol. The average molecular weight is 561 g/mol. The fraction of sp³-hybridized carbons (Fsp3) is 0.0370. The van der Waals surface area contributed by atoms with Crippen molar-refractivity contribution in [2.75, 3.05) is 10.6 Å². The molecule has 4 aromatic rings. The zero-order valence-electron chi connectivity index (χ0n) is 19.1. The number of ether oxygens (including phenoxy) is 1. The summed E-state index contributed by atoms with van der Waals surface area (Å²) in [5.74, 6) is -1.72. The lowest BCUT2D eigenvalue weighted by atomic mass is 10.0. The summed E-state index contributed by atoms with van der Waals surface area (Å²) in [5, 5.41) is 14.9. The first-order valence-electron chi connectivity index (χ1n) is 10.9. The van der Waals surface area contributed by atoms with Crippen LogP contribution in [0.3, 0.4) is 0 Å². The maximum absolute atomic E-state index is 13.5.